The van der Waals surface area contributed by atoms with E-state index in [1.54, 1.807) is 44.2 Å². The lowest BCUT2D eigenvalue weighted by Gasteiger charge is -2.34. The molecule has 0 radical (unpaired) electrons. The highest BCUT2D eigenvalue weighted by molar-refractivity contribution is 7.92. The number of benzene rings is 2. The van der Waals surface area contributed by atoms with E-state index in [1.807, 2.05) is 26.8 Å². The molecule has 10 heteroatoms. The Labute approximate surface area is 224 Å². The summed E-state index contributed by atoms with van der Waals surface area (Å²) in [5, 5.41) is 3.74. The van der Waals surface area contributed by atoms with Crippen molar-refractivity contribution in [3.63, 3.8) is 0 Å². The van der Waals surface area contributed by atoms with Gasteiger partial charge in [0, 0.05) is 22.6 Å². The van der Waals surface area contributed by atoms with Gasteiger partial charge in [0.25, 0.3) is 0 Å². The summed E-state index contributed by atoms with van der Waals surface area (Å²) in [6, 6.07) is 9.45. The lowest BCUT2D eigenvalue weighted by Crippen LogP contribution is -2.53. The Morgan fingerprint density at radius 2 is 1.64 bits per heavy atom. The van der Waals surface area contributed by atoms with Crippen molar-refractivity contribution in [1.82, 2.24) is 10.2 Å². The number of sulfonamides is 1. The quantitative estimate of drug-likeness (QED) is 0.418. The Balaban J connectivity index is 2.53. The van der Waals surface area contributed by atoms with E-state index in [2.05, 4.69) is 5.32 Å². The number of carbonyl (C=O) groups is 2. The minimum Gasteiger partial charge on any atom is -0.352 e. The molecular weight excluding hydrogens is 521 g/mol. The molecule has 0 bridgehead atoms. The molecule has 0 aromatic heterocycles. The fourth-order valence-electron chi connectivity index (χ4n) is 3.97. The SMILES string of the molecule is CC[C@@H](C)NC(=O)[C@H](CC)N(Cc1ccc(Cl)cc1Cl)C(=O)CN(c1c(C)cccc1C)S(C)(=O)=O. The van der Waals surface area contributed by atoms with E-state index in [4.69, 9.17) is 23.2 Å². The van der Waals surface area contributed by atoms with Crippen molar-refractivity contribution in [2.75, 3.05) is 17.1 Å². The van der Waals surface area contributed by atoms with Crippen LogP contribution in [0.4, 0.5) is 5.69 Å². The van der Waals surface area contributed by atoms with E-state index in [0.717, 1.165) is 28.1 Å². The van der Waals surface area contributed by atoms with Crippen LogP contribution in [0.5, 0.6) is 0 Å². The molecule has 0 saturated heterocycles. The predicted molar refractivity (Wildman–Crippen MR) is 147 cm³/mol. The molecule has 2 atom stereocenters. The predicted octanol–water partition coefficient (Wildman–Crippen LogP) is 5.10. The average molecular weight is 557 g/mol. The molecule has 2 aromatic carbocycles. The summed E-state index contributed by atoms with van der Waals surface area (Å²) in [5.74, 6) is -0.816. The summed E-state index contributed by atoms with van der Waals surface area (Å²) in [4.78, 5) is 28.4. The van der Waals surface area contributed by atoms with Gasteiger partial charge in [0.15, 0.2) is 0 Å². The zero-order chi connectivity index (χ0) is 27.2. The molecule has 36 heavy (non-hydrogen) atoms. The first-order valence-corrected chi connectivity index (χ1v) is 14.5. The van der Waals surface area contributed by atoms with Gasteiger partial charge in [-0.15, -0.1) is 0 Å². The minimum absolute atomic E-state index is 0.0195. The minimum atomic E-state index is -3.81. The first-order valence-electron chi connectivity index (χ1n) is 11.9. The van der Waals surface area contributed by atoms with Crippen molar-refractivity contribution in [3.8, 4) is 0 Å². The van der Waals surface area contributed by atoms with Crippen LogP contribution in [0.25, 0.3) is 0 Å². The third kappa shape index (κ3) is 7.60. The maximum atomic E-state index is 13.8. The topological polar surface area (TPSA) is 86.8 Å². The maximum Gasteiger partial charge on any atom is 0.244 e. The zero-order valence-corrected chi connectivity index (χ0v) is 24.0. The molecular formula is C26H35Cl2N3O4S. The number of nitrogens with one attached hydrogen (secondary N) is 1. The number of rotatable bonds is 11. The number of para-hydroxylation sites is 1. The second-order valence-electron chi connectivity index (χ2n) is 9.01. The van der Waals surface area contributed by atoms with E-state index in [0.29, 0.717) is 27.7 Å². The lowest BCUT2D eigenvalue weighted by atomic mass is 10.1. The van der Waals surface area contributed by atoms with E-state index in [9.17, 15) is 18.0 Å². The van der Waals surface area contributed by atoms with Gasteiger partial charge in [-0.05, 0) is 62.4 Å². The maximum absolute atomic E-state index is 13.8. The monoisotopic (exact) mass is 555 g/mol. The summed E-state index contributed by atoms with van der Waals surface area (Å²) in [6.45, 7) is 8.81. The number of carbonyl (C=O) groups excluding carboxylic acids is 2. The van der Waals surface area contributed by atoms with Crippen molar-refractivity contribution < 1.29 is 18.0 Å². The lowest BCUT2D eigenvalue weighted by molar-refractivity contribution is -0.140. The van der Waals surface area contributed by atoms with Gasteiger partial charge in [-0.25, -0.2) is 8.42 Å². The molecule has 0 aliphatic rings. The molecule has 198 valence electrons. The molecule has 0 spiro atoms. The van der Waals surface area contributed by atoms with Crippen LogP contribution in [-0.4, -0.2) is 50.0 Å². The van der Waals surface area contributed by atoms with Crippen LogP contribution < -0.4 is 9.62 Å². The normalized spacial score (nSPS) is 13.1. The van der Waals surface area contributed by atoms with Crippen LogP contribution in [0.15, 0.2) is 36.4 Å². The second kappa shape index (κ2) is 12.8. The Morgan fingerprint density at radius 1 is 1.03 bits per heavy atom. The van der Waals surface area contributed by atoms with Gasteiger partial charge in [0.2, 0.25) is 21.8 Å². The van der Waals surface area contributed by atoms with E-state index < -0.39 is 28.5 Å². The molecule has 0 aliphatic heterocycles. The summed E-state index contributed by atoms with van der Waals surface area (Å²) in [5.41, 5.74) is 2.50. The fraction of sp³-hybridized carbons (Fsp3) is 0.462. The number of hydrogen-bond acceptors (Lipinski definition) is 4. The smallest absolute Gasteiger partial charge is 0.244 e. The number of amides is 2. The highest BCUT2D eigenvalue weighted by Crippen LogP contribution is 2.28. The molecule has 0 heterocycles. The number of halogens is 2. The Morgan fingerprint density at radius 3 is 2.14 bits per heavy atom. The molecule has 2 aromatic rings. The summed E-state index contributed by atoms with van der Waals surface area (Å²) in [7, 11) is -3.81. The zero-order valence-electron chi connectivity index (χ0n) is 21.6. The molecule has 7 nitrogen and oxygen atoms in total. The van der Waals surface area contributed by atoms with Crippen LogP contribution in [0.1, 0.15) is 50.3 Å². The number of anilines is 1. The fourth-order valence-corrected chi connectivity index (χ4v) is 5.40. The largest absolute Gasteiger partial charge is 0.352 e. The third-order valence-corrected chi connectivity index (χ3v) is 7.81. The van der Waals surface area contributed by atoms with Crippen LogP contribution >= 0.6 is 23.2 Å². The molecule has 2 rings (SSSR count). The van der Waals surface area contributed by atoms with E-state index in [-0.39, 0.29) is 18.5 Å². The summed E-state index contributed by atoms with van der Waals surface area (Å²) < 4.78 is 26.8. The van der Waals surface area contributed by atoms with Crippen molar-refractivity contribution in [2.24, 2.45) is 0 Å². The summed E-state index contributed by atoms with van der Waals surface area (Å²) in [6.07, 6.45) is 2.13. The number of hydrogen-bond donors (Lipinski definition) is 1. The molecule has 2 amide bonds. The molecule has 0 aliphatic carbocycles. The molecule has 0 saturated carbocycles. The standard InChI is InChI=1S/C26H35Cl2N3O4S/c1-7-19(5)29-26(33)23(8-2)30(15-20-12-13-21(27)14-22(20)28)24(32)16-31(36(6,34)35)25-17(3)10-9-11-18(25)4/h9-14,19,23H,7-8,15-16H2,1-6H3,(H,29,33)/t19-,23+/m1/s1. The van der Waals surface area contributed by atoms with Gasteiger partial charge in [-0.2, -0.15) is 0 Å². The van der Waals surface area contributed by atoms with Crippen LogP contribution in [0.3, 0.4) is 0 Å². The van der Waals surface area contributed by atoms with Crippen molar-refractivity contribution in [1.29, 1.82) is 0 Å². The third-order valence-electron chi connectivity index (χ3n) is 6.11. The number of aryl methyl sites for hydroxylation is 2. The molecule has 0 unspecified atom stereocenters. The highest BCUT2D eigenvalue weighted by atomic mass is 35.5. The van der Waals surface area contributed by atoms with Crippen LogP contribution in [-0.2, 0) is 26.2 Å². The van der Waals surface area contributed by atoms with Crippen LogP contribution in [0, 0.1) is 13.8 Å². The van der Waals surface area contributed by atoms with Crippen molar-refractivity contribution >= 4 is 50.7 Å². The van der Waals surface area contributed by atoms with Gasteiger partial charge in [0.1, 0.15) is 12.6 Å². The van der Waals surface area contributed by atoms with Gasteiger partial charge in [-0.3, -0.25) is 13.9 Å². The highest BCUT2D eigenvalue weighted by Gasteiger charge is 2.33. The van der Waals surface area contributed by atoms with Gasteiger partial charge in [-0.1, -0.05) is 61.3 Å². The Kier molecular flexibility index (Phi) is 10.6. The second-order valence-corrected chi connectivity index (χ2v) is 11.8. The first-order chi connectivity index (χ1) is 16.8. The molecule has 1 N–H and O–H groups in total. The average Bonchev–Trinajstić information content (AvgIpc) is 2.78. The van der Waals surface area contributed by atoms with Gasteiger partial charge in [0.05, 0.1) is 11.9 Å². The van der Waals surface area contributed by atoms with Crippen molar-refractivity contribution in [3.05, 3.63) is 63.1 Å². The van der Waals surface area contributed by atoms with Crippen molar-refractivity contribution in [2.45, 2.75) is 66.1 Å². The Bertz CT molecular complexity index is 1180. The first kappa shape index (κ1) is 29.9. The molecule has 0 fully saturated rings. The number of nitrogens with zero attached hydrogens (tertiary/aromatic N) is 2. The van der Waals surface area contributed by atoms with Gasteiger partial charge >= 0.3 is 0 Å². The van der Waals surface area contributed by atoms with Crippen LogP contribution in [0.2, 0.25) is 10.0 Å². The Hall–Kier alpha value is -2.29. The van der Waals surface area contributed by atoms with E-state index >= 15 is 0 Å². The summed E-state index contributed by atoms with van der Waals surface area (Å²) >= 11 is 12.4. The van der Waals surface area contributed by atoms with Gasteiger partial charge < -0.3 is 10.2 Å². The van der Waals surface area contributed by atoms with E-state index in [1.165, 1.54) is 4.90 Å².